The molecule has 0 radical (unpaired) electrons. The van der Waals surface area contributed by atoms with Gasteiger partial charge in [0.1, 0.15) is 11.5 Å². The summed E-state index contributed by atoms with van der Waals surface area (Å²) in [6.45, 7) is 7.98. The molecule has 0 saturated carbocycles. The third-order valence-corrected chi connectivity index (χ3v) is 2.65. The number of ether oxygens (including phenoxy) is 2. The highest BCUT2D eigenvalue weighted by Crippen LogP contribution is 2.33. The van der Waals surface area contributed by atoms with Crippen molar-refractivity contribution >= 4 is 0 Å². The Kier molecular flexibility index (Phi) is 5.84. The molecule has 1 atom stereocenters. The minimum absolute atomic E-state index is 0.225. The molecule has 0 bridgehead atoms. The summed E-state index contributed by atoms with van der Waals surface area (Å²) in [5, 5.41) is 3.39. The van der Waals surface area contributed by atoms with Gasteiger partial charge in [-0.3, -0.25) is 0 Å². The smallest absolute Gasteiger partial charge is 0.127 e. The Morgan fingerprint density at radius 2 is 1.94 bits per heavy atom. The molecule has 96 valence electrons. The van der Waals surface area contributed by atoms with Crippen LogP contribution in [0.2, 0.25) is 0 Å². The number of nitrogens with one attached hydrogen (secondary N) is 1. The zero-order chi connectivity index (χ0) is 12.7. The van der Waals surface area contributed by atoms with E-state index in [2.05, 4.69) is 26.1 Å². The van der Waals surface area contributed by atoms with Crippen molar-refractivity contribution < 1.29 is 9.47 Å². The lowest BCUT2D eigenvalue weighted by molar-refractivity contribution is 0.306. The van der Waals surface area contributed by atoms with Crippen LogP contribution < -0.4 is 14.8 Å². The summed E-state index contributed by atoms with van der Waals surface area (Å²) in [6.07, 6.45) is 1.01. The van der Waals surface area contributed by atoms with Gasteiger partial charge < -0.3 is 14.8 Å². The average Bonchev–Trinajstić information content (AvgIpc) is 2.35. The predicted octanol–water partition coefficient (Wildman–Crippen LogP) is 3.15. The second-order valence-electron chi connectivity index (χ2n) is 4.00. The normalized spacial score (nSPS) is 12.2. The zero-order valence-corrected chi connectivity index (χ0v) is 11.2. The van der Waals surface area contributed by atoms with Gasteiger partial charge in [0.2, 0.25) is 0 Å². The van der Waals surface area contributed by atoms with E-state index in [-0.39, 0.29) is 6.04 Å². The van der Waals surface area contributed by atoms with E-state index in [1.807, 2.05) is 18.2 Å². The van der Waals surface area contributed by atoms with Crippen LogP contribution >= 0.6 is 0 Å². The van der Waals surface area contributed by atoms with Crippen molar-refractivity contribution in [2.24, 2.45) is 0 Å². The Morgan fingerprint density at radius 1 is 1.24 bits per heavy atom. The van der Waals surface area contributed by atoms with E-state index in [4.69, 9.17) is 9.47 Å². The van der Waals surface area contributed by atoms with Crippen molar-refractivity contribution in [2.45, 2.75) is 33.2 Å². The molecule has 0 saturated heterocycles. The standard InChI is InChI=1S/C14H23NO2/c1-5-10-17-13-9-7-8-12(16-4)14(13)11(3)15-6-2/h7-9,11,15H,5-6,10H2,1-4H3. The van der Waals surface area contributed by atoms with Crippen molar-refractivity contribution in [1.82, 2.24) is 5.32 Å². The molecule has 1 rings (SSSR count). The van der Waals surface area contributed by atoms with E-state index >= 15 is 0 Å². The van der Waals surface area contributed by atoms with Crippen LogP contribution in [0.15, 0.2) is 18.2 Å². The Morgan fingerprint density at radius 3 is 2.53 bits per heavy atom. The highest BCUT2D eigenvalue weighted by molar-refractivity contribution is 5.46. The number of hydrogen-bond acceptors (Lipinski definition) is 3. The molecule has 1 aromatic carbocycles. The summed E-state index contributed by atoms with van der Waals surface area (Å²) in [4.78, 5) is 0. The SMILES string of the molecule is CCCOc1cccc(OC)c1C(C)NCC. The minimum atomic E-state index is 0.225. The van der Waals surface area contributed by atoms with Gasteiger partial charge in [-0.1, -0.05) is 19.9 Å². The molecule has 0 heterocycles. The van der Waals surface area contributed by atoms with E-state index < -0.39 is 0 Å². The largest absolute Gasteiger partial charge is 0.496 e. The lowest BCUT2D eigenvalue weighted by Gasteiger charge is -2.20. The van der Waals surface area contributed by atoms with Crippen LogP contribution in [0.25, 0.3) is 0 Å². The molecule has 0 spiro atoms. The molecule has 1 aromatic rings. The third kappa shape index (κ3) is 3.63. The van der Waals surface area contributed by atoms with Crippen molar-refractivity contribution in [3.8, 4) is 11.5 Å². The van der Waals surface area contributed by atoms with E-state index in [1.165, 1.54) is 0 Å². The van der Waals surface area contributed by atoms with E-state index in [0.717, 1.165) is 36.6 Å². The van der Waals surface area contributed by atoms with Crippen molar-refractivity contribution in [2.75, 3.05) is 20.3 Å². The second-order valence-corrected chi connectivity index (χ2v) is 4.00. The highest BCUT2D eigenvalue weighted by Gasteiger charge is 2.16. The minimum Gasteiger partial charge on any atom is -0.496 e. The van der Waals surface area contributed by atoms with E-state index in [9.17, 15) is 0 Å². The fraction of sp³-hybridized carbons (Fsp3) is 0.571. The summed E-state index contributed by atoms with van der Waals surface area (Å²) in [5.41, 5.74) is 1.10. The van der Waals surface area contributed by atoms with Gasteiger partial charge in [0.05, 0.1) is 19.3 Å². The molecule has 1 unspecified atom stereocenters. The van der Waals surface area contributed by atoms with Gasteiger partial charge in [-0.15, -0.1) is 0 Å². The molecule has 0 aliphatic heterocycles. The van der Waals surface area contributed by atoms with Gasteiger partial charge >= 0.3 is 0 Å². The van der Waals surface area contributed by atoms with Gasteiger partial charge in [0, 0.05) is 6.04 Å². The maximum Gasteiger partial charge on any atom is 0.127 e. The monoisotopic (exact) mass is 237 g/mol. The van der Waals surface area contributed by atoms with Crippen LogP contribution in [0.4, 0.5) is 0 Å². The first-order chi connectivity index (χ1) is 8.24. The molecular formula is C14H23NO2. The van der Waals surface area contributed by atoms with Crippen LogP contribution in [-0.2, 0) is 0 Å². The first kappa shape index (κ1) is 13.8. The van der Waals surface area contributed by atoms with Crippen LogP contribution in [-0.4, -0.2) is 20.3 Å². The summed E-state index contributed by atoms with van der Waals surface area (Å²) >= 11 is 0. The van der Waals surface area contributed by atoms with Crippen LogP contribution in [0.3, 0.4) is 0 Å². The summed E-state index contributed by atoms with van der Waals surface area (Å²) in [5.74, 6) is 1.80. The van der Waals surface area contributed by atoms with Gasteiger partial charge in [-0.2, -0.15) is 0 Å². The molecule has 3 nitrogen and oxygen atoms in total. The van der Waals surface area contributed by atoms with Gasteiger partial charge in [-0.25, -0.2) is 0 Å². The van der Waals surface area contributed by atoms with Crippen LogP contribution in [0.5, 0.6) is 11.5 Å². The number of benzene rings is 1. The summed E-state index contributed by atoms with van der Waals surface area (Å²) < 4.78 is 11.2. The van der Waals surface area contributed by atoms with E-state index in [0.29, 0.717) is 0 Å². The maximum atomic E-state index is 5.78. The van der Waals surface area contributed by atoms with Crippen molar-refractivity contribution in [1.29, 1.82) is 0 Å². The van der Waals surface area contributed by atoms with E-state index in [1.54, 1.807) is 7.11 Å². The molecule has 0 fully saturated rings. The fourth-order valence-corrected chi connectivity index (χ4v) is 1.87. The maximum absolute atomic E-state index is 5.78. The number of methoxy groups -OCH3 is 1. The Bertz CT molecular complexity index is 339. The zero-order valence-electron chi connectivity index (χ0n) is 11.2. The molecule has 17 heavy (non-hydrogen) atoms. The summed E-state index contributed by atoms with van der Waals surface area (Å²) in [6, 6.07) is 6.16. The van der Waals surface area contributed by atoms with Crippen LogP contribution in [0.1, 0.15) is 38.8 Å². The number of rotatable bonds is 7. The lowest BCUT2D eigenvalue weighted by Crippen LogP contribution is -2.19. The molecule has 0 aromatic heterocycles. The molecular weight excluding hydrogens is 214 g/mol. The van der Waals surface area contributed by atoms with Crippen molar-refractivity contribution in [3.63, 3.8) is 0 Å². The molecule has 0 aliphatic rings. The molecule has 1 N–H and O–H groups in total. The second kappa shape index (κ2) is 7.17. The quantitative estimate of drug-likeness (QED) is 0.790. The topological polar surface area (TPSA) is 30.5 Å². The first-order valence-corrected chi connectivity index (χ1v) is 6.27. The number of hydrogen-bond donors (Lipinski definition) is 1. The van der Waals surface area contributed by atoms with Crippen molar-refractivity contribution in [3.05, 3.63) is 23.8 Å². The fourth-order valence-electron chi connectivity index (χ4n) is 1.87. The lowest BCUT2D eigenvalue weighted by atomic mass is 10.1. The molecule has 3 heteroatoms. The van der Waals surface area contributed by atoms with Gasteiger partial charge in [0.15, 0.2) is 0 Å². The third-order valence-electron chi connectivity index (χ3n) is 2.65. The first-order valence-electron chi connectivity index (χ1n) is 6.27. The molecule has 0 amide bonds. The van der Waals surface area contributed by atoms with Gasteiger partial charge in [-0.05, 0) is 32.0 Å². The Balaban J connectivity index is 3.01. The average molecular weight is 237 g/mol. The molecule has 0 aliphatic carbocycles. The Labute approximate surface area is 104 Å². The van der Waals surface area contributed by atoms with Gasteiger partial charge in [0.25, 0.3) is 0 Å². The van der Waals surface area contributed by atoms with Crippen LogP contribution in [0, 0.1) is 0 Å². The predicted molar refractivity (Wildman–Crippen MR) is 70.9 cm³/mol. The highest BCUT2D eigenvalue weighted by atomic mass is 16.5. The summed E-state index contributed by atoms with van der Waals surface area (Å²) in [7, 11) is 1.70. The Hall–Kier alpha value is -1.22.